The Bertz CT molecular complexity index is 430. The van der Waals surface area contributed by atoms with Crippen LogP contribution in [-0.2, 0) is 4.74 Å². The fraction of sp³-hybridized carbons (Fsp3) is 0.444. The van der Waals surface area contributed by atoms with Crippen LogP contribution in [0.15, 0.2) is 6.07 Å². The van der Waals surface area contributed by atoms with E-state index in [2.05, 4.69) is 9.97 Å². The SMILES string of the molecule is CC1(C)COC(=O)N1c1cc(Cl)nc(Cl)n1. The van der Waals surface area contributed by atoms with Crippen LogP contribution in [0.1, 0.15) is 13.8 Å². The molecule has 86 valence electrons. The largest absolute Gasteiger partial charge is 0.447 e. The zero-order chi connectivity index (χ0) is 11.9. The number of ether oxygens (including phenoxy) is 1. The first-order valence-electron chi connectivity index (χ1n) is 4.57. The van der Waals surface area contributed by atoms with Crippen molar-refractivity contribution in [3.05, 3.63) is 16.5 Å². The smallest absolute Gasteiger partial charge is 0.416 e. The number of nitrogens with zero attached hydrogens (tertiary/aromatic N) is 3. The Balaban J connectivity index is 2.46. The number of amides is 1. The van der Waals surface area contributed by atoms with E-state index < -0.39 is 11.6 Å². The molecular formula is C9H9Cl2N3O2. The van der Waals surface area contributed by atoms with E-state index in [4.69, 9.17) is 27.9 Å². The highest BCUT2D eigenvalue weighted by molar-refractivity contribution is 6.32. The van der Waals surface area contributed by atoms with Crippen molar-refractivity contribution in [3.63, 3.8) is 0 Å². The molecule has 0 bridgehead atoms. The fourth-order valence-electron chi connectivity index (χ4n) is 1.51. The van der Waals surface area contributed by atoms with Crippen LogP contribution in [0.5, 0.6) is 0 Å². The quantitative estimate of drug-likeness (QED) is 0.576. The zero-order valence-corrected chi connectivity index (χ0v) is 10.2. The Morgan fingerprint density at radius 1 is 1.44 bits per heavy atom. The lowest BCUT2D eigenvalue weighted by Gasteiger charge is -2.26. The van der Waals surface area contributed by atoms with Gasteiger partial charge in [-0.1, -0.05) is 11.6 Å². The number of anilines is 1. The second-order valence-corrected chi connectivity index (χ2v) is 4.75. The molecule has 1 saturated heterocycles. The van der Waals surface area contributed by atoms with Gasteiger partial charge < -0.3 is 4.74 Å². The monoisotopic (exact) mass is 261 g/mol. The first-order valence-corrected chi connectivity index (χ1v) is 5.33. The number of cyclic esters (lactones) is 1. The standard InChI is InChI=1S/C9H9Cl2N3O2/c1-9(2)4-16-8(15)14(9)6-3-5(10)12-7(11)13-6/h3H,4H2,1-2H3. The molecule has 0 unspecified atom stereocenters. The van der Waals surface area contributed by atoms with Crippen molar-refractivity contribution < 1.29 is 9.53 Å². The van der Waals surface area contributed by atoms with E-state index >= 15 is 0 Å². The molecule has 0 spiro atoms. The lowest BCUT2D eigenvalue weighted by molar-refractivity contribution is 0.175. The van der Waals surface area contributed by atoms with Crippen LogP contribution >= 0.6 is 23.2 Å². The third-order valence-corrected chi connectivity index (χ3v) is 2.58. The van der Waals surface area contributed by atoms with Gasteiger partial charge in [-0.15, -0.1) is 0 Å². The minimum atomic E-state index is -0.474. The Kier molecular flexibility index (Phi) is 2.67. The minimum absolute atomic E-state index is 0.00185. The van der Waals surface area contributed by atoms with Gasteiger partial charge in [-0.25, -0.2) is 9.78 Å². The normalized spacial score (nSPS) is 18.8. The van der Waals surface area contributed by atoms with Crippen molar-refractivity contribution in [1.82, 2.24) is 9.97 Å². The number of hydrogen-bond donors (Lipinski definition) is 0. The van der Waals surface area contributed by atoms with Crippen molar-refractivity contribution in [3.8, 4) is 0 Å². The third-order valence-electron chi connectivity index (χ3n) is 2.22. The fourth-order valence-corrected chi connectivity index (χ4v) is 1.91. The maximum atomic E-state index is 11.6. The van der Waals surface area contributed by atoms with Crippen molar-refractivity contribution in [1.29, 1.82) is 0 Å². The lowest BCUT2D eigenvalue weighted by Crippen LogP contribution is -2.42. The number of carbonyl (C=O) groups excluding carboxylic acids is 1. The molecule has 1 aromatic heterocycles. The molecular weight excluding hydrogens is 253 g/mol. The summed E-state index contributed by atoms with van der Waals surface area (Å²) >= 11 is 11.4. The molecule has 1 fully saturated rings. The second kappa shape index (κ2) is 3.75. The molecule has 0 radical (unpaired) electrons. The summed E-state index contributed by atoms with van der Waals surface area (Å²) < 4.78 is 4.96. The van der Waals surface area contributed by atoms with Crippen LogP contribution in [-0.4, -0.2) is 28.2 Å². The van der Waals surface area contributed by atoms with Gasteiger partial charge in [0.2, 0.25) is 5.28 Å². The van der Waals surface area contributed by atoms with E-state index in [1.807, 2.05) is 13.8 Å². The van der Waals surface area contributed by atoms with Gasteiger partial charge in [0.25, 0.3) is 0 Å². The van der Waals surface area contributed by atoms with Gasteiger partial charge in [0.05, 0.1) is 5.54 Å². The Morgan fingerprint density at radius 2 is 2.12 bits per heavy atom. The topological polar surface area (TPSA) is 55.3 Å². The Hall–Kier alpha value is -1.07. The first kappa shape index (κ1) is 11.4. The number of hydrogen-bond acceptors (Lipinski definition) is 4. The number of halogens is 2. The predicted molar refractivity (Wildman–Crippen MR) is 60.0 cm³/mol. The lowest BCUT2D eigenvalue weighted by atomic mass is 10.1. The molecule has 2 heterocycles. The van der Waals surface area contributed by atoms with Gasteiger partial charge in [-0.2, -0.15) is 4.98 Å². The summed E-state index contributed by atoms with van der Waals surface area (Å²) in [6.45, 7) is 4.02. The van der Waals surface area contributed by atoms with Crippen molar-refractivity contribution >= 4 is 35.1 Å². The maximum absolute atomic E-state index is 11.6. The Morgan fingerprint density at radius 3 is 2.62 bits per heavy atom. The third kappa shape index (κ3) is 1.92. The summed E-state index contributed by atoms with van der Waals surface area (Å²) in [5.74, 6) is 0.345. The molecule has 0 aromatic carbocycles. The van der Waals surface area contributed by atoms with Gasteiger partial charge in [-0.05, 0) is 25.4 Å². The van der Waals surface area contributed by atoms with Crippen LogP contribution < -0.4 is 4.90 Å². The highest BCUT2D eigenvalue weighted by Crippen LogP contribution is 2.30. The van der Waals surface area contributed by atoms with Crippen LogP contribution in [0.3, 0.4) is 0 Å². The molecule has 1 aliphatic heterocycles. The van der Waals surface area contributed by atoms with Gasteiger partial charge in [0, 0.05) is 6.07 Å². The highest BCUT2D eigenvalue weighted by atomic mass is 35.5. The Labute approximate surface area is 102 Å². The number of aromatic nitrogens is 2. The van der Waals surface area contributed by atoms with Crippen molar-refractivity contribution in [2.75, 3.05) is 11.5 Å². The summed E-state index contributed by atoms with van der Waals surface area (Å²) in [6, 6.07) is 1.47. The molecule has 5 nitrogen and oxygen atoms in total. The first-order chi connectivity index (χ1) is 7.40. The van der Waals surface area contributed by atoms with Crippen molar-refractivity contribution in [2.24, 2.45) is 0 Å². The van der Waals surface area contributed by atoms with E-state index in [1.165, 1.54) is 11.0 Å². The van der Waals surface area contributed by atoms with Gasteiger partial charge >= 0.3 is 6.09 Å². The molecule has 16 heavy (non-hydrogen) atoms. The van der Waals surface area contributed by atoms with E-state index in [0.29, 0.717) is 12.4 Å². The summed E-state index contributed by atoms with van der Waals surface area (Å²) in [4.78, 5) is 20.7. The molecule has 1 aliphatic rings. The molecule has 0 aliphatic carbocycles. The van der Waals surface area contributed by atoms with Gasteiger partial charge in [0.15, 0.2) is 0 Å². The molecule has 1 amide bonds. The minimum Gasteiger partial charge on any atom is -0.447 e. The van der Waals surface area contributed by atoms with Crippen LogP contribution in [0.4, 0.5) is 10.6 Å². The average Bonchev–Trinajstić information content (AvgIpc) is 2.38. The molecule has 0 saturated carbocycles. The zero-order valence-electron chi connectivity index (χ0n) is 8.70. The van der Waals surface area contributed by atoms with E-state index in [-0.39, 0.29) is 10.4 Å². The van der Waals surface area contributed by atoms with Crippen LogP contribution in [0.2, 0.25) is 10.4 Å². The summed E-state index contributed by atoms with van der Waals surface area (Å²) in [5.41, 5.74) is -0.474. The molecule has 1 aromatic rings. The molecule has 0 atom stereocenters. The number of rotatable bonds is 1. The van der Waals surface area contributed by atoms with E-state index in [0.717, 1.165) is 0 Å². The summed E-state index contributed by atoms with van der Waals surface area (Å²) in [6.07, 6.45) is -0.462. The molecule has 2 rings (SSSR count). The highest BCUT2D eigenvalue weighted by Gasteiger charge is 2.42. The van der Waals surface area contributed by atoms with Crippen molar-refractivity contribution in [2.45, 2.75) is 19.4 Å². The molecule has 7 heteroatoms. The number of carbonyl (C=O) groups is 1. The second-order valence-electron chi connectivity index (χ2n) is 4.02. The van der Waals surface area contributed by atoms with Gasteiger partial charge in [-0.3, -0.25) is 4.90 Å². The van der Waals surface area contributed by atoms with Crippen LogP contribution in [0, 0.1) is 0 Å². The summed E-state index contributed by atoms with van der Waals surface area (Å²) in [5, 5.41) is 0.184. The maximum Gasteiger partial charge on any atom is 0.416 e. The average molecular weight is 262 g/mol. The summed E-state index contributed by atoms with van der Waals surface area (Å²) in [7, 11) is 0. The van der Waals surface area contributed by atoms with Gasteiger partial charge in [0.1, 0.15) is 17.6 Å². The van der Waals surface area contributed by atoms with E-state index in [1.54, 1.807) is 0 Å². The molecule has 0 N–H and O–H groups in total. The van der Waals surface area contributed by atoms with Crippen LogP contribution in [0.25, 0.3) is 0 Å². The predicted octanol–water partition coefficient (Wildman–Crippen LogP) is 2.52. The van der Waals surface area contributed by atoms with E-state index in [9.17, 15) is 4.79 Å².